The van der Waals surface area contributed by atoms with Gasteiger partial charge in [-0.3, -0.25) is 14.4 Å². The summed E-state index contributed by atoms with van der Waals surface area (Å²) in [7, 11) is 0. The largest absolute Gasteiger partial charge is 0.457 e. The van der Waals surface area contributed by atoms with E-state index in [1.54, 1.807) is 96.9 Å². The van der Waals surface area contributed by atoms with E-state index in [-0.39, 0.29) is 25.8 Å². The van der Waals surface area contributed by atoms with E-state index in [4.69, 9.17) is 52.1 Å². The minimum absolute atomic E-state index is 0.0175. The summed E-state index contributed by atoms with van der Waals surface area (Å²) in [6.45, 7) is 27.3. The smallest absolute Gasteiger partial charge is 0.408 e. The Kier molecular flexibility index (Phi) is 20.1. The molecular formula is C46H78N4O18. The molecule has 1 aliphatic carbocycles. The summed E-state index contributed by atoms with van der Waals surface area (Å²) in [6.07, 6.45) is -13.4. The zero-order valence-corrected chi connectivity index (χ0v) is 42.9. The van der Waals surface area contributed by atoms with Gasteiger partial charge in [-0.2, -0.15) is 0 Å². The van der Waals surface area contributed by atoms with E-state index in [9.17, 15) is 33.6 Å². The van der Waals surface area contributed by atoms with Gasteiger partial charge in [0.15, 0.2) is 30.9 Å². The third-order valence-corrected chi connectivity index (χ3v) is 10.2. The first kappa shape index (κ1) is 57.6. The van der Waals surface area contributed by atoms with Gasteiger partial charge in [-0.1, -0.05) is 13.8 Å². The lowest BCUT2D eigenvalue weighted by atomic mass is 9.79. The molecule has 390 valence electrons. The van der Waals surface area contributed by atoms with Crippen LogP contribution < -0.4 is 21.3 Å². The van der Waals surface area contributed by atoms with E-state index >= 15 is 0 Å². The molecule has 2 saturated heterocycles. The highest BCUT2D eigenvalue weighted by Gasteiger charge is 2.56. The van der Waals surface area contributed by atoms with E-state index in [0.29, 0.717) is 6.42 Å². The monoisotopic (exact) mass is 975 g/mol. The highest BCUT2D eigenvalue weighted by molar-refractivity contribution is 5.71. The van der Waals surface area contributed by atoms with Crippen LogP contribution in [0.1, 0.15) is 143 Å². The van der Waals surface area contributed by atoms with Crippen LogP contribution in [0.3, 0.4) is 0 Å². The summed E-state index contributed by atoms with van der Waals surface area (Å²) in [5.41, 5.74) is -3.51. The maximum atomic E-state index is 13.5. The molecule has 2 aliphatic heterocycles. The van der Waals surface area contributed by atoms with Gasteiger partial charge in [0.25, 0.3) is 0 Å². The first-order valence-electron chi connectivity index (χ1n) is 23.2. The first-order valence-corrected chi connectivity index (χ1v) is 23.2. The molecule has 0 radical (unpaired) electrons. The Morgan fingerprint density at radius 3 is 1.44 bits per heavy atom. The molecule has 0 aromatic carbocycles. The lowest BCUT2D eigenvalue weighted by Crippen LogP contribution is -2.68. The Bertz CT molecular complexity index is 1750. The second kappa shape index (κ2) is 23.8. The van der Waals surface area contributed by atoms with Crippen molar-refractivity contribution in [1.29, 1.82) is 0 Å². The van der Waals surface area contributed by atoms with Crippen LogP contribution in [0.2, 0.25) is 0 Å². The summed E-state index contributed by atoms with van der Waals surface area (Å²) >= 11 is 0. The number of alkyl carbamates (subject to hydrolysis) is 4. The zero-order valence-electron chi connectivity index (χ0n) is 42.9. The van der Waals surface area contributed by atoms with Crippen LogP contribution in [0, 0.1) is 5.92 Å². The summed E-state index contributed by atoms with van der Waals surface area (Å²) in [6, 6.07) is -3.16. The maximum Gasteiger partial charge on any atom is 0.408 e. The average molecular weight is 975 g/mol. The summed E-state index contributed by atoms with van der Waals surface area (Å²) in [5.74, 6) is -2.90. The van der Waals surface area contributed by atoms with Gasteiger partial charge in [0.05, 0.1) is 24.3 Å². The van der Waals surface area contributed by atoms with E-state index in [2.05, 4.69) is 21.3 Å². The predicted octanol–water partition coefficient (Wildman–Crippen LogP) is 5.44. The number of hydrogen-bond acceptors (Lipinski definition) is 18. The minimum atomic E-state index is -1.52. The highest BCUT2D eigenvalue weighted by atomic mass is 16.7. The van der Waals surface area contributed by atoms with Crippen molar-refractivity contribution < 1.29 is 85.7 Å². The molecular weight excluding hydrogens is 897 g/mol. The van der Waals surface area contributed by atoms with Gasteiger partial charge < -0.3 is 73.4 Å². The van der Waals surface area contributed by atoms with Crippen molar-refractivity contribution in [2.45, 2.75) is 239 Å². The van der Waals surface area contributed by atoms with Gasteiger partial charge in [0, 0.05) is 27.3 Å². The number of carbonyl (C=O) groups is 7. The molecule has 2 heterocycles. The minimum Gasteiger partial charge on any atom is -0.457 e. The molecule has 22 heteroatoms. The van der Waals surface area contributed by atoms with Gasteiger partial charge in [-0.05, 0) is 115 Å². The van der Waals surface area contributed by atoms with E-state index in [0.717, 1.165) is 6.92 Å². The Morgan fingerprint density at radius 2 is 0.956 bits per heavy atom. The SMILES string of the molecule is CCC1O[C@H](O[C@@H]2C(OC(C)=O)C(O[C@H]3OC(CNC(=O)OC(C)(C)C)CCC3NC(=O)OC(C)(C)C)[C@@H](NC(=O)OC(C)(C)C)C[C@H]2C)C(OC(C)=O)[C@@H](NC(=O)OC(C)(C)C)[C@H]1OC(C)=O. The summed E-state index contributed by atoms with van der Waals surface area (Å²) in [5, 5.41) is 11.1. The molecule has 4 N–H and O–H groups in total. The van der Waals surface area contributed by atoms with Crippen molar-refractivity contribution >= 4 is 42.3 Å². The van der Waals surface area contributed by atoms with Gasteiger partial charge in [-0.25, -0.2) is 19.2 Å². The summed E-state index contributed by atoms with van der Waals surface area (Å²) < 4.78 is 66.2. The number of nitrogens with one attached hydrogen (secondary N) is 4. The third kappa shape index (κ3) is 19.4. The van der Waals surface area contributed by atoms with Crippen LogP contribution in [0.5, 0.6) is 0 Å². The standard InChI is InChI=1S/C46H78N4O18/c1-18-30-34(58-24(3)51)31(50-42(57)68-46(15,16)17)35(59-25(4)52)38(62-30)63-32-23(2)21-29(49-41(56)67-45(12,13)14)33(36(32)60-26(5)53)64-37-28(48-40(55)66-44(9,10)11)20-19-27(61-37)22-47-39(54)65-43(6,7)8/h23,27-38H,18-22H2,1-17H3,(H,47,54)(H,48,55)(H,49,56)(H,50,57)/t23-,27?,28?,29+,30?,31+,32+,33?,34+,35?,36?,37-,38-/m1/s1. The van der Waals surface area contributed by atoms with Crippen molar-refractivity contribution in [2.75, 3.05) is 6.54 Å². The van der Waals surface area contributed by atoms with Crippen LogP contribution in [-0.4, -0.2) is 145 Å². The average Bonchev–Trinajstić information content (AvgIpc) is 3.13. The Hall–Kier alpha value is -4.67. The Morgan fingerprint density at radius 1 is 0.515 bits per heavy atom. The zero-order chi connectivity index (χ0) is 51.7. The molecule has 1 saturated carbocycles. The first-order chi connectivity index (χ1) is 31.1. The van der Waals surface area contributed by atoms with Crippen molar-refractivity contribution in [1.82, 2.24) is 21.3 Å². The molecule has 3 rings (SSSR count). The second-order valence-corrected chi connectivity index (χ2v) is 21.4. The molecule has 0 spiro atoms. The highest BCUT2D eigenvalue weighted by Crippen LogP contribution is 2.38. The molecule has 0 aromatic rings. The normalized spacial score (nSPS) is 30.0. The third-order valence-electron chi connectivity index (χ3n) is 10.2. The van der Waals surface area contributed by atoms with E-state index in [1.807, 2.05) is 0 Å². The fourth-order valence-corrected chi connectivity index (χ4v) is 7.89. The van der Waals surface area contributed by atoms with Crippen molar-refractivity contribution in [3.8, 4) is 0 Å². The van der Waals surface area contributed by atoms with Crippen LogP contribution in [-0.2, 0) is 66.5 Å². The quantitative estimate of drug-likeness (QED) is 0.132. The molecule has 0 bridgehead atoms. The molecule has 4 amide bonds. The number of esters is 3. The van der Waals surface area contributed by atoms with E-state index < -0.39 is 144 Å². The number of carbonyl (C=O) groups excluding carboxylic acids is 7. The van der Waals surface area contributed by atoms with Crippen molar-refractivity contribution in [2.24, 2.45) is 5.92 Å². The van der Waals surface area contributed by atoms with Gasteiger partial charge in [0.1, 0.15) is 40.7 Å². The van der Waals surface area contributed by atoms with Crippen LogP contribution in [0.25, 0.3) is 0 Å². The topological polar surface area (TPSA) is 269 Å². The number of ether oxygens (including phenoxy) is 11. The lowest BCUT2D eigenvalue weighted by molar-refractivity contribution is -0.320. The van der Waals surface area contributed by atoms with Gasteiger partial charge >= 0.3 is 42.3 Å². The van der Waals surface area contributed by atoms with Gasteiger partial charge in [-0.15, -0.1) is 0 Å². The maximum absolute atomic E-state index is 13.5. The molecule has 3 aliphatic rings. The van der Waals surface area contributed by atoms with E-state index in [1.165, 1.54) is 13.8 Å². The van der Waals surface area contributed by atoms with Gasteiger partial charge in [0.2, 0.25) is 0 Å². The second-order valence-electron chi connectivity index (χ2n) is 21.4. The Balaban J connectivity index is 2.18. The fourth-order valence-electron chi connectivity index (χ4n) is 7.89. The van der Waals surface area contributed by atoms with Crippen molar-refractivity contribution in [3.05, 3.63) is 0 Å². The molecule has 6 unspecified atom stereocenters. The van der Waals surface area contributed by atoms with Crippen LogP contribution >= 0.6 is 0 Å². The molecule has 22 nitrogen and oxygen atoms in total. The Labute approximate surface area is 400 Å². The predicted molar refractivity (Wildman–Crippen MR) is 241 cm³/mol. The van der Waals surface area contributed by atoms with Crippen molar-refractivity contribution in [3.63, 3.8) is 0 Å². The number of rotatable bonds is 13. The van der Waals surface area contributed by atoms with Crippen LogP contribution in [0.15, 0.2) is 0 Å². The molecule has 13 atom stereocenters. The molecule has 3 fully saturated rings. The fraction of sp³-hybridized carbons (Fsp3) is 0.848. The number of hydrogen-bond donors (Lipinski definition) is 4. The number of amides is 4. The lowest BCUT2D eigenvalue weighted by Gasteiger charge is -2.50. The molecule has 68 heavy (non-hydrogen) atoms. The summed E-state index contributed by atoms with van der Waals surface area (Å²) in [4.78, 5) is 91.4. The van der Waals surface area contributed by atoms with Crippen LogP contribution in [0.4, 0.5) is 19.2 Å². The molecule has 0 aromatic heterocycles.